The molecular formula is C13H17NO2S. The van der Waals surface area contributed by atoms with Crippen molar-refractivity contribution in [1.82, 2.24) is 4.98 Å². The largest absolute Gasteiger partial charge is 0.481 e. The van der Waals surface area contributed by atoms with E-state index in [1.807, 2.05) is 0 Å². The van der Waals surface area contributed by atoms with Crippen molar-refractivity contribution in [3.63, 3.8) is 0 Å². The van der Waals surface area contributed by atoms with E-state index in [0.717, 1.165) is 17.8 Å². The van der Waals surface area contributed by atoms with Crippen molar-refractivity contribution in [3.8, 4) is 0 Å². The van der Waals surface area contributed by atoms with Gasteiger partial charge in [-0.15, -0.1) is 11.3 Å². The summed E-state index contributed by atoms with van der Waals surface area (Å²) in [7, 11) is 0. The molecule has 0 radical (unpaired) electrons. The van der Waals surface area contributed by atoms with Crippen LogP contribution in [-0.2, 0) is 10.2 Å². The quantitative estimate of drug-likeness (QED) is 0.897. The van der Waals surface area contributed by atoms with Gasteiger partial charge in [0, 0.05) is 10.8 Å². The number of carboxylic acids is 1. The summed E-state index contributed by atoms with van der Waals surface area (Å²) >= 11 is 1.61. The third-order valence-electron chi connectivity index (χ3n) is 4.14. The van der Waals surface area contributed by atoms with Crippen LogP contribution in [0, 0.1) is 6.92 Å². The van der Waals surface area contributed by atoms with Gasteiger partial charge in [0.25, 0.3) is 0 Å². The molecule has 0 saturated heterocycles. The van der Waals surface area contributed by atoms with Crippen LogP contribution in [0.25, 0.3) is 0 Å². The Bertz CT molecular complexity index is 456. The normalized spacial score (nSPS) is 22.9. The van der Waals surface area contributed by atoms with Gasteiger partial charge in [-0.25, -0.2) is 4.98 Å². The Morgan fingerprint density at radius 1 is 1.41 bits per heavy atom. The molecule has 4 heteroatoms. The molecule has 0 bridgehead atoms. The van der Waals surface area contributed by atoms with Gasteiger partial charge in [-0.3, -0.25) is 4.79 Å². The molecule has 92 valence electrons. The Balaban J connectivity index is 1.93. The SMILES string of the molecule is Cc1sc(C2(C(=O)O)CC2)nc1C1CCCC1. The molecule has 2 fully saturated rings. The van der Waals surface area contributed by atoms with Gasteiger partial charge < -0.3 is 5.11 Å². The summed E-state index contributed by atoms with van der Waals surface area (Å²) in [4.78, 5) is 17.2. The lowest BCUT2D eigenvalue weighted by molar-refractivity contribution is -0.140. The van der Waals surface area contributed by atoms with Crippen LogP contribution >= 0.6 is 11.3 Å². The predicted molar refractivity (Wildman–Crippen MR) is 66.6 cm³/mol. The van der Waals surface area contributed by atoms with Crippen molar-refractivity contribution >= 4 is 17.3 Å². The van der Waals surface area contributed by atoms with Crippen LogP contribution in [0.1, 0.15) is 60.0 Å². The zero-order chi connectivity index (χ0) is 12.0. The number of carbonyl (C=O) groups is 1. The molecule has 3 rings (SSSR count). The highest BCUT2D eigenvalue weighted by Crippen LogP contribution is 2.51. The average molecular weight is 251 g/mol. The minimum Gasteiger partial charge on any atom is -0.481 e. The number of nitrogens with zero attached hydrogens (tertiary/aromatic N) is 1. The number of rotatable bonds is 3. The first-order valence-electron chi connectivity index (χ1n) is 6.35. The maximum Gasteiger partial charge on any atom is 0.316 e. The Labute approximate surface area is 105 Å². The summed E-state index contributed by atoms with van der Waals surface area (Å²) in [6.45, 7) is 2.09. The minimum absolute atomic E-state index is 0.588. The van der Waals surface area contributed by atoms with Crippen LogP contribution in [0.15, 0.2) is 0 Å². The second-order valence-corrected chi connectivity index (χ2v) is 6.53. The van der Waals surface area contributed by atoms with Gasteiger partial charge in [0.05, 0.1) is 5.69 Å². The van der Waals surface area contributed by atoms with Crippen molar-refractivity contribution in [1.29, 1.82) is 0 Å². The molecular weight excluding hydrogens is 234 g/mol. The summed E-state index contributed by atoms with van der Waals surface area (Å²) in [6.07, 6.45) is 6.56. The summed E-state index contributed by atoms with van der Waals surface area (Å²) in [5.41, 5.74) is 0.571. The number of aryl methyl sites for hydroxylation is 1. The van der Waals surface area contributed by atoms with E-state index in [2.05, 4.69) is 11.9 Å². The maximum absolute atomic E-state index is 11.3. The van der Waals surface area contributed by atoms with Crippen LogP contribution in [0.4, 0.5) is 0 Å². The molecule has 0 spiro atoms. The number of aromatic nitrogens is 1. The molecule has 2 aliphatic carbocycles. The van der Waals surface area contributed by atoms with E-state index in [1.165, 1.54) is 36.3 Å². The van der Waals surface area contributed by atoms with Gasteiger partial charge in [-0.05, 0) is 32.6 Å². The lowest BCUT2D eigenvalue weighted by atomic mass is 10.0. The van der Waals surface area contributed by atoms with Crippen molar-refractivity contribution < 1.29 is 9.90 Å². The molecule has 0 atom stereocenters. The zero-order valence-corrected chi connectivity index (χ0v) is 10.8. The maximum atomic E-state index is 11.3. The lowest BCUT2D eigenvalue weighted by Gasteiger charge is -2.07. The van der Waals surface area contributed by atoms with E-state index in [-0.39, 0.29) is 0 Å². The first kappa shape index (κ1) is 11.2. The molecule has 2 aliphatic rings. The van der Waals surface area contributed by atoms with Crippen LogP contribution in [0.2, 0.25) is 0 Å². The molecule has 1 heterocycles. The molecule has 0 aromatic carbocycles. The number of aliphatic carboxylic acids is 1. The van der Waals surface area contributed by atoms with Gasteiger partial charge in [0.1, 0.15) is 10.4 Å². The van der Waals surface area contributed by atoms with Crippen molar-refractivity contribution in [2.45, 2.75) is 56.8 Å². The monoisotopic (exact) mass is 251 g/mol. The van der Waals surface area contributed by atoms with E-state index in [0.29, 0.717) is 5.92 Å². The molecule has 1 N–H and O–H groups in total. The Morgan fingerprint density at radius 3 is 2.59 bits per heavy atom. The molecule has 0 amide bonds. The van der Waals surface area contributed by atoms with Crippen LogP contribution < -0.4 is 0 Å². The highest BCUT2D eigenvalue weighted by atomic mass is 32.1. The highest BCUT2D eigenvalue weighted by Gasteiger charge is 2.54. The highest BCUT2D eigenvalue weighted by molar-refractivity contribution is 7.12. The summed E-state index contributed by atoms with van der Waals surface area (Å²) in [5, 5.41) is 10.1. The van der Waals surface area contributed by atoms with E-state index in [1.54, 1.807) is 11.3 Å². The second kappa shape index (κ2) is 3.80. The zero-order valence-electron chi connectivity index (χ0n) is 10.0. The smallest absolute Gasteiger partial charge is 0.316 e. The Morgan fingerprint density at radius 2 is 2.06 bits per heavy atom. The molecule has 3 nitrogen and oxygen atoms in total. The molecule has 0 aliphatic heterocycles. The first-order valence-corrected chi connectivity index (χ1v) is 7.16. The number of thiazole rings is 1. The predicted octanol–water partition coefficient (Wildman–Crippen LogP) is 3.23. The summed E-state index contributed by atoms with van der Waals surface area (Å²) < 4.78 is 0. The van der Waals surface area contributed by atoms with Crippen LogP contribution in [-0.4, -0.2) is 16.1 Å². The molecule has 2 saturated carbocycles. The van der Waals surface area contributed by atoms with Crippen molar-refractivity contribution in [3.05, 3.63) is 15.6 Å². The summed E-state index contributed by atoms with van der Waals surface area (Å²) in [6, 6.07) is 0. The van der Waals surface area contributed by atoms with Crippen LogP contribution in [0.3, 0.4) is 0 Å². The fourth-order valence-electron chi connectivity index (χ4n) is 2.84. The van der Waals surface area contributed by atoms with E-state index < -0.39 is 11.4 Å². The second-order valence-electron chi connectivity index (χ2n) is 5.33. The average Bonchev–Trinajstić information content (AvgIpc) is 2.76. The van der Waals surface area contributed by atoms with E-state index in [4.69, 9.17) is 0 Å². The topological polar surface area (TPSA) is 50.2 Å². The third-order valence-corrected chi connectivity index (χ3v) is 5.33. The summed E-state index contributed by atoms with van der Waals surface area (Å²) in [5.74, 6) is -0.103. The number of carboxylic acid groups (broad SMARTS) is 1. The Hall–Kier alpha value is -0.900. The first-order chi connectivity index (χ1) is 8.13. The standard InChI is InChI=1S/C13H17NO2S/c1-8-10(9-4-2-3-5-9)14-11(17-8)13(6-7-13)12(15)16/h9H,2-7H2,1H3,(H,15,16). The van der Waals surface area contributed by atoms with Gasteiger partial charge in [-0.2, -0.15) is 0 Å². The lowest BCUT2D eigenvalue weighted by Crippen LogP contribution is -2.19. The third kappa shape index (κ3) is 1.69. The number of hydrogen-bond acceptors (Lipinski definition) is 3. The Kier molecular flexibility index (Phi) is 2.51. The molecule has 1 aromatic heterocycles. The van der Waals surface area contributed by atoms with E-state index in [9.17, 15) is 9.90 Å². The van der Waals surface area contributed by atoms with Gasteiger partial charge >= 0.3 is 5.97 Å². The van der Waals surface area contributed by atoms with Crippen molar-refractivity contribution in [2.75, 3.05) is 0 Å². The van der Waals surface area contributed by atoms with Gasteiger partial charge in [0.15, 0.2) is 0 Å². The fourth-order valence-corrected chi connectivity index (χ4v) is 4.07. The minimum atomic E-state index is -0.691. The van der Waals surface area contributed by atoms with Gasteiger partial charge in [-0.1, -0.05) is 12.8 Å². The number of hydrogen-bond donors (Lipinski definition) is 1. The molecule has 0 unspecified atom stereocenters. The molecule has 1 aromatic rings. The van der Waals surface area contributed by atoms with Gasteiger partial charge in [0.2, 0.25) is 0 Å². The molecule has 17 heavy (non-hydrogen) atoms. The van der Waals surface area contributed by atoms with Crippen molar-refractivity contribution in [2.24, 2.45) is 0 Å². The van der Waals surface area contributed by atoms with Crippen LogP contribution in [0.5, 0.6) is 0 Å². The fraction of sp³-hybridized carbons (Fsp3) is 0.692. The van der Waals surface area contributed by atoms with E-state index >= 15 is 0 Å².